The number of amides is 1. The number of carbonyl (C=O) groups excluding carboxylic acids is 1. The lowest BCUT2D eigenvalue weighted by molar-refractivity contribution is -0.123. The fourth-order valence-corrected chi connectivity index (χ4v) is 8.34. The molecule has 0 aliphatic rings. The summed E-state index contributed by atoms with van der Waals surface area (Å²) in [6.07, 6.45) is 94.7. The fraction of sp³-hybridized carbons (Fsp3) is 0.657. The summed E-state index contributed by atoms with van der Waals surface area (Å²) >= 11 is 0. The molecule has 404 valence electrons. The van der Waals surface area contributed by atoms with E-state index in [4.69, 9.17) is 0 Å². The zero-order valence-corrected chi connectivity index (χ0v) is 46.4. The molecule has 3 N–H and O–H groups in total. The second-order valence-electron chi connectivity index (χ2n) is 19.7. The summed E-state index contributed by atoms with van der Waals surface area (Å²) in [4.78, 5) is 12.5. The molecule has 0 aliphatic carbocycles. The molecular formula is C67H113NO3. The van der Waals surface area contributed by atoms with Gasteiger partial charge in [-0.05, 0) is 109 Å². The van der Waals surface area contributed by atoms with Crippen LogP contribution in [0.3, 0.4) is 0 Å². The van der Waals surface area contributed by atoms with Gasteiger partial charge in [0.1, 0.15) is 0 Å². The van der Waals surface area contributed by atoms with Gasteiger partial charge in [0.2, 0.25) is 5.91 Å². The molecule has 4 nitrogen and oxygen atoms in total. The molecule has 4 heteroatoms. The number of aliphatic hydroxyl groups excluding tert-OH is 2. The zero-order chi connectivity index (χ0) is 51.3. The maximum Gasteiger partial charge on any atom is 0.220 e. The maximum atomic E-state index is 12.5. The van der Waals surface area contributed by atoms with E-state index in [1.807, 2.05) is 6.08 Å². The van der Waals surface area contributed by atoms with Crippen molar-refractivity contribution < 1.29 is 15.0 Å². The highest BCUT2D eigenvalue weighted by Gasteiger charge is 2.18. The Morgan fingerprint density at radius 2 is 0.634 bits per heavy atom. The number of carbonyl (C=O) groups is 1. The third-order valence-electron chi connectivity index (χ3n) is 12.8. The van der Waals surface area contributed by atoms with Gasteiger partial charge in [-0.3, -0.25) is 4.79 Å². The van der Waals surface area contributed by atoms with Crippen molar-refractivity contribution in [2.45, 2.75) is 276 Å². The van der Waals surface area contributed by atoms with Crippen LogP contribution in [-0.4, -0.2) is 34.9 Å². The summed E-state index contributed by atoms with van der Waals surface area (Å²) in [7, 11) is 0. The molecule has 0 saturated carbocycles. The van der Waals surface area contributed by atoms with Crippen LogP contribution in [-0.2, 0) is 4.79 Å². The third kappa shape index (κ3) is 57.3. The number of unbranched alkanes of at least 4 members (excludes halogenated alkanes) is 26. The molecule has 0 rings (SSSR count). The van der Waals surface area contributed by atoms with E-state index in [2.05, 4.69) is 141 Å². The van der Waals surface area contributed by atoms with Crippen molar-refractivity contribution in [2.24, 2.45) is 0 Å². The fourth-order valence-electron chi connectivity index (χ4n) is 8.34. The molecule has 0 saturated heterocycles. The topological polar surface area (TPSA) is 69.6 Å². The highest BCUT2D eigenvalue weighted by Crippen LogP contribution is 2.15. The molecule has 0 aliphatic heterocycles. The number of hydrogen-bond acceptors (Lipinski definition) is 3. The van der Waals surface area contributed by atoms with Gasteiger partial charge in [-0.1, -0.05) is 282 Å². The van der Waals surface area contributed by atoms with Gasteiger partial charge in [-0.25, -0.2) is 0 Å². The smallest absolute Gasteiger partial charge is 0.220 e. The first-order valence-electron chi connectivity index (χ1n) is 29.9. The Kier molecular flexibility index (Phi) is 57.9. The summed E-state index contributed by atoms with van der Waals surface area (Å²) in [5.74, 6) is -0.0868. The van der Waals surface area contributed by atoms with Crippen LogP contribution in [0.4, 0.5) is 0 Å². The Labute approximate surface area is 441 Å². The van der Waals surface area contributed by atoms with Crippen molar-refractivity contribution in [3.63, 3.8) is 0 Å². The molecule has 0 aromatic carbocycles. The van der Waals surface area contributed by atoms with Crippen LogP contribution in [0.1, 0.15) is 264 Å². The Bertz CT molecular complexity index is 1440. The Balaban J connectivity index is 3.64. The predicted octanol–water partition coefficient (Wildman–Crippen LogP) is 20.2. The van der Waals surface area contributed by atoms with Crippen LogP contribution in [0, 0.1) is 0 Å². The van der Waals surface area contributed by atoms with E-state index in [-0.39, 0.29) is 12.5 Å². The van der Waals surface area contributed by atoms with E-state index in [1.165, 1.54) is 148 Å². The largest absolute Gasteiger partial charge is 0.394 e. The molecule has 0 radical (unpaired) electrons. The van der Waals surface area contributed by atoms with Gasteiger partial charge >= 0.3 is 0 Å². The van der Waals surface area contributed by atoms with E-state index in [1.54, 1.807) is 6.08 Å². The number of aliphatic hydroxyl groups is 2. The third-order valence-corrected chi connectivity index (χ3v) is 12.8. The minimum atomic E-state index is -0.882. The second-order valence-corrected chi connectivity index (χ2v) is 19.7. The molecule has 0 bridgehead atoms. The lowest BCUT2D eigenvalue weighted by Gasteiger charge is -2.19. The van der Waals surface area contributed by atoms with Gasteiger partial charge in [0, 0.05) is 6.42 Å². The second kappa shape index (κ2) is 60.8. The molecule has 2 atom stereocenters. The van der Waals surface area contributed by atoms with Gasteiger partial charge in [0.25, 0.3) is 0 Å². The molecule has 2 unspecified atom stereocenters. The molecule has 0 aromatic rings. The lowest BCUT2D eigenvalue weighted by atomic mass is 10.0. The van der Waals surface area contributed by atoms with E-state index in [0.717, 1.165) is 96.3 Å². The SMILES string of the molecule is CC/C=C\C/C=C\C/C=C\C/C=C\C/C=C\C/C=C\C/C=C\C/C=C\CCCCCCCCCCCCC(=O)NC(CO)C(O)/C=C/CC/C=C/CC/C=C/CCCCCCCCCCCCCCCC. The summed E-state index contributed by atoms with van der Waals surface area (Å²) in [6, 6.07) is -0.658. The van der Waals surface area contributed by atoms with Crippen LogP contribution in [0.5, 0.6) is 0 Å². The van der Waals surface area contributed by atoms with Gasteiger partial charge in [-0.15, -0.1) is 0 Å². The maximum absolute atomic E-state index is 12.5. The molecule has 1 amide bonds. The molecule has 0 aromatic heterocycles. The monoisotopic (exact) mass is 980 g/mol. The first kappa shape index (κ1) is 67.5. The van der Waals surface area contributed by atoms with Crippen molar-refractivity contribution in [1.29, 1.82) is 0 Å². The first-order chi connectivity index (χ1) is 35.2. The van der Waals surface area contributed by atoms with Crippen molar-refractivity contribution in [3.8, 4) is 0 Å². The molecule has 0 heterocycles. The van der Waals surface area contributed by atoms with E-state index in [0.29, 0.717) is 6.42 Å². The van der Waals surface area contributed by atoms with E-state index >= 15 is 0 Å². The first-order valence-corrected chi connectivity index (χ1v) is 29.9. The van der Waals surface area contributed by atoms with Gasteiger partial charge < -0.3 is 15.5 Å². The van der Waals surface area contributed by atoms with Crippen molar-refractivity contribution in [1.82, 2.24) is 5.32 Å². The average Bonchev–Trinajstić information content (AvgIpc) is 3.37. The number of rotatable bonds is 53. The minimum Gasteiger partial charge on any atom is -0.394 e. The Morgan fingerprint density at radius 1 is 0.352 bits per heavy atom. The normalized spacial score (nSPS) is 13.8. The summed E-state index contributed by atoms with van der Waals surface area (Å²) in [5.41, 5.74) is 0. The Hall–Kier alpha value is -3.47. The number of hydrogen-bond donors (Lipinski definition) is 3. The van der Waals surface area contributed by atoms with Crippen LogP contribution in [0.25, 0.3) is 0 Å². The average molecular weight is 981 g/mol. The van der Waals surface area contributed by atoms with Gasteiger partial charge in [0.05, 0.1) is 18.8 Å². The molecule has 71 heavy (non-hydrogen) atoms. The molecule has 0 spiro atoms. The summed E-state index contributed by atoms with van der Waals surface area (Å²) in [6.45, 7) is 4.18. The van der Waals surface area contributed by atoms with Crippen molar-refractivity contribution in [3.05, 3.63) is 134 Å². The van der Waals surface area contributed by atoms with Crippen LogP contribution < -0.4 is 5.32 Å². The van der Waals surface area contributed by atoms with Crippen LogP contribution in [0.2, 0.25) is 0 Å². The number of allylic oxidation sites excluding steroid dienone is 21. The van der Waals surface area contributed by atoms with E-state index in [9.17, 15) is 15.0 Å². The quantitative estimate of drug-likeness (QED) is 0.0420. The summed E-state index contributed by atoms with van der Waals surface area (Å²) < 4.78 is 0. The van der Waals surface area contributed by atoms with Gasteiger partial charge in [-0.2, -0.15) is 0 Å². The molecular weight excluding hydrogens is 867 g/mol. The highest BCUT2D eigenvalue weighted by molar-refractivity contribution is 5.76. The van der Waals surface area contributed by atoms with E-state index < -0.39 is 12.1 Å². The Morgan fingerprint density at radius 3 is 0.986 bits per heavy atom. The minimum absolute atomic E-state index is 0.0868. The number of nitrogens with one attached hydrogen (secondary N) is 1. The van der Waals surface area contributed by atoms with Crippen LogP contribution in [0.15, 0.2) is 134 Å². The molecule has 0 fully saturated rings. The highest BCUT2D eigenvalue weighted by atomic mass is 16.3. The zero-order valence-electron chi connectivity index (χ0n) is 46.4. The van der Waals surface area contributed by atoms with Crippen molar-refractivity contribution >= 4 is 5.91 Å². The van der Waals surface area contributed by atoms with Crippen molar-refractivity contribution in [2.75, 3.05) is 6.61 Å². The van der Waals surface area contributed by atoms with Gasteiger partial charge in [0.15, 0.2) is 0 Å². The predicted molar refractivity (Wildman–Crippen MR) is 317 cm³/mol. The van der Waals surface area contributed by atoms with Crippen LogP contribution >= 0.6 is 0 Å². The standard InChI is InChI=1S/C67H113NO3/c1-3-5-7-9-11-13-15-17-19-21-23-25-27-29-30-31-32-33-34-35-36-37-38-39-41-43-45-47-49-51-53-55-57-59-61-63-67(71)68-65(64-69)66(70)62-60-58-56-54-52-50-48-46-44-42-40-28-26-24-22-20-18-16-14-12-10-8-6-4-2/h5,7,11,13,17,19,23,25,29-30,32-33,35-36,38-39,44,46,52,54,60,62,65-66,69-70H,3-4,6,8-10,12,14-16,18,20-22,24,26-28,31,34,37,40-43,45,47-51,53,55-59,61,63-64H2,1-2H3,(H,68,71)/b7-5-,13-11-,19-17-,25-23-,30-29-,33-32-,36-35-,39-38-,46-44+,54-52+,62-60+. The lowest BCUT2D eigenvalue weighted by Crippen LogP contribution is -2.45. The summed E-state index contributed by atoms with van der Waals surface area (Å²) in [5, 5.41) is 23.2.